The third-order valence-electron chi connectivity index (χ3n) is 3.36. The first-order valence-corrected chi connectivity index (χ1v) is 7.38. The Morgan fingerprint density at radius 1 is 0.789 bits per heavy atom. The Labute approximate surface area is 116 Å². The topological polar surface area (TPSA) is 52.6 Å². The molecular formula is C15H28O4. The number of esters is 2. The normalized spacial score (nSPS) is 13.7. The van der Waals surface area contributed by atoms with Crippen LogP contribution < -0.4 is 0 Å². The van der Waals surface area contributed by atoms with Gasteiger partial charge >= 0.3 is 11.9 Å². The van der Waals surface area contributed by atoms with Crippen LogP contribution in [0.2, 0.25) is 0 Å². The van der Waals surface area contributed by atoms with Crippen molar-refractivity contribution in [2.24, 2.45) is 11.8 Å². The number of hydrogen-bond acceptors (Lipinski definition) is 4. The molecule has 0 fully saturated rings. The highest BCUT2D eigenvalue weighted by Crippen LogP contribution is 2.19. The first-order valence-electron chi connectivity index (χ1n) is 7.38. The molecule has 0 bridgehead atoms. The molecule has 0 aromatic rings. The Morgan fingerprint density at radius 2 is 1.16 bits per heavy atom. The molecule has 0 radical (unpaired) electrons. The van der Waals surface area contributed by atoms with Crippen molar-refractivity contribution in [2.45, 2.75) is 59.8 Å². The van der Waals surface area contributed by atoms with E-state index in [0.717, 1.165) is 19.3 Å². The first kappa shape index (κ1) is 17.9. The first-order chi connectivity index (χ1) is 9.07. The predicted molar refractivity (Wildman–Crippen MR) is 74.7 cm³/mol. The standard InChI is InChI=1S/C15H28O4/c1-5-12(10-18-14(16)7-3)9-13(6-2)11-19-15(17)8-4/h12-13H,5-11H2,1-4H3. The molecule has 0 spiro atoms. The molecule has 0 saturated carbocycles. The zero-order chi connectivity index (χ0) is 14.7. The smallest absolute Gasteiger partial charge is 0.305 e. The third kappa shape index (κ3) is 8.62. The summed E-state index contributed by atoms with van der Waals surface area (Å²) < 4.78 is 10.4. The fraction of sp³-hybridized carbons (Fsp3) is 0.867. The second-order valence-corrected chi connectivity index (χ2v) is 4.86. The van der Waals surface area contributed by atoms with Gasteiger partial charge in [-0.05, 0) is 18.3 Å². The molecule has 0 heterocycles. The van der Waals surface area contributed by atoms with Crippen molar-refractivity contribution >= 4 is 11.9 Å². The van der Waals surface area contributed by atoms with Crippen molar-refractivity contribution in [3.63, 3.8) is 0 Å². The Hall–Kier alpha value is -1.06. The summed E-state index contributed by atoms with van der Waals surface area (Å²) in [5.74, 6) is 0.398. The van der Waals surface area contributed by atoms with Gasteiger partial charge in [0, 0.05) is 12.8 Å². The molecule has 0 aliphatic carbocycles. The summed E-state index contributed by atoms with van der Waals surface area (Å²) >= 11 is 0. The van der Waals surface area contributed by atoms with E-state index in [-0.39, 0.29) is 11.9 Å². The molecule has 19 heavy (non-hydrogen) atoms. The number of carbonyl (C=O) groups is 2. The highest BCUT2D eigenvalue weighted by molar-refractivity contribution is 5.69. The van der Waals surface area contributed by atoms with E-state index in [1.54, 1.807) is 13.8 Å². The summed E-state index contributed by atoms with van der Waals surface area (Å²) in [6, 6.07) is 0. The Morgan fingerprint density at radius 3 is 1.42 bits per heavy atom. The van der Waals surface area contributed by atoms with Crippen LogP contribution in [0.15, 0.2) is 0 Å². The average molecular weight is 272 g/mol. The van der Waals surface area contributed by atoms with Crippen LogP contribution in [0.4, 0.5) is 0 Å². The Bertz CT molecular complexity index is 237. The quantitative estimate of drug-likeness (QED) is 0.572. The minimum atomic E-state index is -0.149. The van der Waals surface area contributed by atoms with Crippen LogP contribution in [0, 0.1) is 11.8 Å². The predicted octanol–water partition coefficient (Wildman–Crippen LogP) is 3.34. The summed E-state index contributed by atoms with van der Waals surface area (Å²) in [4.78, 5) is 22.3. The van der Waals surface area contributed by atoms with Crippen molar-refractivity contribution in [1.82, 2.24) is 0 Å². The monoisotopic (exact) mass is 272 g/mol. The summed E-state index contributed by atoms with van der Waals surface area (Å²) in [5, 5.41) is 0. The SMILES string of the molecule is CCC(=O)OCC(CC)CC(CC)COC(=O)CC. The maximum Gasteiger partial charge on any atom is 0.305 e. The highest BCUT2D eigenvalue weighted by atomic mass is 16.5. The van der Waals surface area contributed by atoms with E-state index >= 15 is 0 Å². The largest absolute Gasteiger partial charge is 0.465 e. The van der Waals surface area contributed by atoms with Gasteiger partial charge in [-0.1, -0.05) is 40.5 Å². The second kappa shape index (κ2) is 10.8. The van der Waals surface area contributed by atoms with Gasteiger partial charge in [-0.15, -0.1) is 0 Å². The van der Waals surface area contributed by atoms with Crippen LogP contribution in [-0.4, -0.2) is 25.2 Å². The van der Waals surface area contributed by atoms with Crippen molar-refractivity contribution in [2.75, 3.05) is 13.2 Å². The van der Waals surface area contributed by atoms with E-state index in [0.29, 0.717) is 37.9 Å². The number of ether oxygens (including phenoxy) is 2. The van der Waals surface area contributed by atoms with E-state index in [4.69, 9.17) is 9.47 Å². The van der Waals surface area contributed by atoms with Crippen molar-refractivity contribution in [3.05, 3.63) is 0 Å². The molecule has 0 aromatic carbocycles. The van der Waals surface area contributed by atoms with Gasteiger partial charge in [-0.3, -0.25) is 9.59 Å². The second-order valence-electron chi connectivity index (χ2n) is 4.86. The van der Waals surface area contributed by atoms with Crippen molar-refractivity contribution in [1.29, 1.82) is 0 Å². The number of carbonyl (C=O) groups excluding carboxylic acids is 2. The van der Waals surface area contributed by atoms with Crippen LogP contribution in [0.1, 0.15) is 59.8 Å². The molecule has 0 saturated heterocycles. The molecule has 0 amide bonds. The summed E-state index contributed by atoms with van der Waals surface area (Å²) in [6.45, 7) is 8.72. The fourth-order valence-electron chi connectivity index (χ4n) is 1.80. The average Bonchev–Trinajstić information content (AvgIpc) is 2.45. The fourth-order valence-corrected chi connectivity index (χ4v) is 1.80. The Balaban J connectivity index is 4.08. The number of hydrogen-bond donors (Lipinski definition) is 0. The minimum Gasteiger partial charge on any atom is -0.465 e. The van der Waals surface area contributed by atoms with Gasteiger partial charge < -0.3 is 9.47 Å². The summed E-state index contributed by atoms with van der Waals surface area (Å²) in [5.41, 5.74) is 0. The van der Waals surface area contributed by atoms with E-state index in [2.05, 4.69) is 13.8 Å². The maximum absolute atomic E-state index is 11.1. The van der Waals surface area contributed by atoms with Crippen LogP contribution in [-0.2, 0) is 19.1 Å². The third-order valence-corrected chi connectivity index (χ3v) is 3.36. The van der Waals surface area contributed by atoms with E-state index in [1.807, 2.05) is 0 Å². The van der Waals surface area contributed by atoms with Gasteiger partial charge in [-0.2, -0.15) is 0 Å². The molecule has 0 aliphatic rings. The molecule has 112 valence electrons. The molecule has 0 N–H and O–H groups in total. The molecule has 4 heteroatoms. The molecule has 0 rings (SSSR count). The molecule has 0 aromatic heterocycles. The zero-order valence-corrected chi connectivity index (χ0v) is 12.7. The molecule has 2 unspecified atom stereocenters. The van der Waals surface area contributed by atoms with Gasteiger partial charge in [0.15, 0.2) is 0 Å². The highest BCUT2D eigenvalue weighted by Gasteiger charge is 2.17. The molecule has 0 aliphatic heterocycles. The Kier molecular flexibility index (Phi) is 10.2. The van der Waals surface area contributed by atoms with Gasteiger partial charge in [0.05, 0.1) is 13.2 Å². The van der Waals surface area contributed by atoms with Gasteiger partial charge in [-0.25, -0.2) is 0 Å². The van der Waals surface area contributed by atoms with E-state index in [1.165, 1.54) is 0 Å². The van der Waals surface area contributed by atoms with Crippen molar-refractivity contribution < 1.29 is 19.1 Å². The van der Waals surface area contributed by atoms with Gasteiger partial charge in [0.1, 0.15) is 0 Å². The lowest BCUT2D eigenvalue weighted by molar-refractivity contribution is -0.145. The van der Waals surface area contributed by atoms with Crippen LogP contribution >= 0.6 is 0 Å². The zero-order valence-electron chi connectivity index (χ0n) is 12.7. The molecule has 2 atom stereocenters. The van der Waals surface area contributed by atoms with E-state index in [9.17, 15) is 9.59 Å². The van der Waals surface area contributed by atoms with Crippen molar-refractivity contribution in [3.8, 4) is 0 Å². The molecular weight excluding hydrogens is 244 g/mol. The van der Waals surface area contributed by atoms with Crippen LogP contribution in [0.25, 0.3) is 0 Å². The lowest BCUT2D eigenvalue weighted by Gasteiger charge is -2.21. The number of rotatable bonds is 10. The summed E-state index contributed by atoms with van der Waals surface area (Å²) in [7, 11) is 0. The minimum absolute atomic E-state index is 0.149. The lowest BCUT2D eigenvalue weighted by Crippen LogP contribution is -2.20. The maximum atomic E-state index is 11.1. The van der Waals surface area contributed by atoms with Gasteiger partial charge in [0.2, 0.25) is 0 Å². The van der Waals surface area contributed by atoms with Crippen LogP contribution in [0.5, 0.6) is 0 Å². The van der Waals surface area contributed by atoms with Crippen LogP contribution in [0.3, 0.4) is 0 Å². The summed E-state index contributed by atoms with van der Waals surface area (Å²) in [6.07, 6.45) is 3.70. The lowest BCUT2D eigenvalue weighted by atomic mass is 9.92. The molecule has 4 nitrogen and oxygen atoms in total. The van der Waals surface area contributed by atoms with E-state index < -0.39 is 0 Å². The van der Waals surface area contributed by atoms with Gasteiger partial charge in [0.25, 0.3) is 0 Å².